The molecule has 3 rings (SSSR count). The second kappa shape index (κ2) is 11.2. The number of benzene rings is 2. The minimum Gasteiger partial charge on any atom is -0.105 e. The first kappa shape index (κ1) is 23.2. The largest absolute Gasteiger partial charge is 0.105 e. The molecule has 0 radical (unpaired) electrons. The first-order valence-corrected chi connectivity index (χ1v) is 11.9. The average Bonchev–Trinajstić information content (AvgIpc) is 2.68. The van der Waals surface area contributed by atoms with Gasteiger partial charge in [0.1, 0.15) is 0 Å². The summed E-state index contributed by atoms with van der Waals surface area (Å²) in [6.07, 6.45) is 9.00. The molecule has 0 heterocycles. The molecule has 28 heavy (non-hydrogen) atoms. The van der Waals surface area contributed by atoms with Crippen LogP contribution in [0, 0.1) is 0 Å². The van der Waals surface area contributed by atoms with Crippen LogP contribution in [0.15, 0.2) is 36.4 Å². The van der Waals surface area contributed by atoms with Crippen LogP contribution in [0.5, 0.6) is 0 Å². The summed E-state index contributed by atoms with van der Waals surface area (Å²) in [4.78, 5) is 0. The van der Waals surface area contributed by atoms with Gasteiger partial charge in [0.2, 0.25) is 0 Å². The van der Waals surface area contributed by atoms with Crippen LogP contribution in [0.3, 0.4) is 0 Å². The van der Waals surface area contributed by atoms with Crippen LogP contribution < -0.4 is 5.30 Å². The Morgan fingerprint density at radius 2 is 1.21 bits per heavy atom. The van der Waals surface area contributed by atoms with Gasteiger partial charge in [-0.3, -0.25) is 0 Å². The molecule has 1 fully saturated rings. The van der Waals surface area contributed by atoms with Crippen molar-refractivity contribution < 1.29 is 0 Å². The molecule has 1 atom stereocenters. The average molecular weight is 397 g/mol. The Labute approximate surface area is 176 Å². The Balaban J connectivity index is 0.000000397. The van der Waals surface area contributed by atoms with Gasteiger partial charge in [0.25, 0.3) is 0 Å². The molecule has 0 aliphatic heterocycles. The van der Waals surface area contributed by atoms with Crippen molar-refractivity contribution in [2.75, 3.05) is 0 Å². The Hall–Kier alpha value is -1.13. The van der Waals surface area contributed by atoms with Crippen molar-refractivity contribution in [2.45, 2.75) is 97.8 Å². The molecule has 2 aromatic rings. The normalized spacial score (nSPS) is 14.4. The van der Waals surface area contributed by atoms with E-state index in [-0.39, 0.29) is 0 Å². The van der Waals surface area contributed by atoms with E-state index in [1.165, 1.54) is 71.6 Å². The van der Waals surface area contributed by atoms with Gasteiger partial charge in [0.15, 0.2) is 0 Å². The minimum absolute atomic E-state index is 0.522. The van der Waals surface area contributed by atoms with Gasteiger partial charge in [-0.25, -0.2) is 0 Å². The van der Waals surface area contributed by atoms with Crippen LogP contribution in [0.1, 0.15) is 115 Å². The van der Waals surface area contributed by atoms with Crippen LogP contribution in [-0.4, -0.2) is 0 Å². The van der Waals surface area contributed by atoms with E-state index >= 15 is 0 Å². The molecule has 0 amide bonds. The van der Waals surface area contributed by atoms with E-state index in [2.05, 4.69) is 87.2 Å². The van der Waals surface area contributed by atoms with Crippen molar-refractivity contribution in [3.8, 4) is 11.1 Å². The van der Waals surface area contributed by atoms with E-state index in [1.54, 1.807) is 0 Å². The first-order chi connectivity index (χ1) is 13.3. The quantitative estimate of drug-likeness (QED) is 0.454. The van der Waals surface area contributed by atoms with Crippen LogP contribution in [-0.2, 0) is 0 Å². The third-order valence-corrected chi connectivity index (χ3v) is 6.38. The monoisotopic (exact) mass is 396 g/mol. The topological polar surface area (TPSA) is 0 Å². The lowest BCUT2D eigenvalue weighted by Crippen LogP contribution is -2.07. The van der Waals surface area contributed by atoms with E-state index in [1.807, 2.05) is 0 Å². The molecule has 0 aromatic heterocycles. The predicted molar refractivity (Wildman–Crippen MR) is 131 cm³/mol. The van der Waals surface area contributed by atoms with Gasteiger partial charge >= 0.3 is 0 Å². The van der Waals surface area contributed by atoms with Crippen LogP contribution in [0.4, 0.5) is 0 Å². The molecule has 1 aliphatic carbocycles. The fraction of sp³-hybridized carbons (Fsp3) is 0.556. The summed E-state index contributed by atoms with van der Waals surface area (Å²) in [5.74, 6) is 1.62. The summed E-state index contributed by atoms with van der Waals surface area (Å²) in [7, 11) is 2.90. The van der Waals surface area contributed by atoms with Gasteiger partial charge in [-0.1, -0.05) is 116 Å². The summed E-state index contributed by atoms with van der Waals surface area (Å²) < 4.78 is 0. The summed E-state index contributed by atoms with van der Waals surface area (Å²) in [5.41, 5.74) is 7.13. The molecule has 0 spiro atoms. The summed E-state index contributed by atoms with van der Waals surface area (Å²) in [6.45, 7) is 13.7. The van der Waals surface area contributed by atoms with Crippen molar-refractivity contribution in [3.63, 3.8) is 0 Å². The van der Waals surface area contributed by atoms with Gasteiger partial charge in [-0.15, -0.1) is 9.24 Å². The van der Waals surface area contributed by atoms with E-state index < -0.39 is 0 Å². The van der Waals surface area contributed by atoms with Crippen LogP contribution in [0.25, 0.3) is 11.1 Å². The smallest absolute Gasteiger partial charge is 0.0140 e. The van der Waals surface area contributed by atoms with E-state index in [0.29, 0.717) is 17.8 Å². The molecule has 0 saturated heterocycles. The van der Waals surface area contributed by atoms with E-state index in [4.69, 9.17) is 0 Å². The number of rotatable bonds is 4. The second-order valence-electron chi connectivity index (χ2n) is 9.24. The molecule has 154 valence electrons. The zero-order valence-corrected chi connectivity index (χ0v) is 20.2. The molecular weight excluding hydrogens is 355 g/mol. The Kier molecular flexibility index (Phi) is 9.23. The highest BCUT2D eigenvalue weighted by molar-refractivity contribution is 7.27. The first-order valence-electron chi connectivity index (χ1n) is 11.4. The Bertz CT molecular complexity index is 724. The third kappa shape index (κ3) is 6.18. The van der Waals surface area contributed by atoms with E-state index in [0.717, 1.165) is 0 Å². The van der Waals surface area contributed by atoms with Crippen molar-refractivity contribution in [1.82, 2.24) is 0 Å². The molecule has 2 aromatic carbocycles. The third-order valence-electron chi connectivity index (χ3n) is 5.87. The van der Waals surface area contributed by atoms with Crippen LogP contribution >= 0.6 is 9.24 Å². The summed E-state index contributed by atoms with van der Waals surface area (Å²) >= 11 is 0. The van der Waals surface area contributed by atoms with Crippen LogP contribution in [0.2, 0.25) is 0 Å². The van der Waals surface area contributed by atoms with Gasteiger partial charge in [-0.05, 0) is 50.9 Å². The highest BCUT2D eigenvalue weighted by Gasteiger charge is 2.16. The zero-order chi connectivity index (χ0) is 20.7. The number of hydrogen-bond acceptors (Lipinski definition) is 0. The zero-order valence-electron chi connectivity index (χ0n) is 19.0. The molecule has 1 saturated carbocycles. The van der Waals surface area contributed by atoms with Gasteiger partial charge < -0.3 is 0 Å². The Morgan fingerprint density at radius 3 is 1.68 bits per heavy atom. The van der Waals surface area contributed by atoms with Crippen molar-refractivity contribution in [1.29, 1.82) is 0 Å². The second-order valence-corrected chi connectivity index (χ2v) is 9.86. The maximum Gasteiger partial charge on any atom is -0.0140 e. The molecule has 0 N–H and O–H groups in total. The highest BCUT2D eigenvalue weighted by Crippen LogP contribution is 2.36. The summed E-state index contributed by atoms with van der Waals surface area (Å²) in [5, 5.41) is 1.31. The number of hydrogen-bond donors (Lipinski definition) is 0. The lowest BCUT2D eigenvalue weighted by molar-refractivity contribution is 0.504. The van der Waals surface area contributed by atoms with Crippen molar-refractivity contribution in [2.24, 2.45) is 0 Å². The molecule has 0 nitrogen and oxygen atoms in total. The molecule has 1 heteroatoms. The van der Waals surface area contributed by atoms with Crippen molar-refractivity contribution in [3.05, 3.63) is 53.1 Å². The standard InChI is InChI=1S/C21H29P.C6H12/c1-13(2)16-10-11-17(19(12-16)14(3)4)18-8-7-9-20(22)21(18)15(5)6;1-2-4-6-5-3-1/h7-15H,22H2,1-6H3;1-6H2. The Morgan fingerprint density at radius 1 is 0.643 bits per heavy atom. The van der Waals surface area contributed by atoms with Crippen molar-refractivity contribution >= 4 is 14.5 Å². The summed E-state index contributed by atoms with van der Waals surface area (Å²) in [6, 6.07) is 13.7. The van der Waals surface area contributed by atoms with E-state index in [9.17, 15) is 0 Å². The minimum atomic E-state index is 0.522. The predicted octanol–water partition coefficient (Wildman–Crippen LogP) is 8.56. The van der Waals surface area contributed by atoms with Gasteiger partial charge in [0.05, 0.1) is 0 Å². The highest BCUT2D eigenvalue weighted by atomic mass is 31.0. The lowest BCUT2D eigenvalue weighted by Gasteiger charge is -2.21. The molecule has 1 aliphatic rings. The molecule has 0 bridgehead atoms. The fourth-order valence-corrected chi connectivity index (χ4v) is 4.79. The molecule has 1 unspecified atom stereocenters. The maximum absolute atomic E-state index is 2.90. The van der Waals surface area contributed by atoms with Gasteiger partial charge in [-0.2, -0.15) is 0 Å². The fourth-order valence-electron chi connectivity index (χ4n) is 4.19. The SMILES string of the molecule is C1CCCCC1.CC(C)c1ccc(-c2cccc(P)c2C(C)C)c(C(C)C)c1. The molecular formula is C27H41P. The lowest BCUT2D eigenvalue weighted by atomic mass is 9.85. The van der Waals surface area contributed by atoms with Gasteiger partial charge in [0, 0.05) is 0 Å². The maximum atomic E-state index is 2.90.